The molecule has 0 spiro atoms. The molecule has 4 aromatic rings. The lowest BCUT2D eigenvalue weighted by molar-refractivity contribution is -0.683. The fraction of sp³-hybridized carbons (Fsp3) is 0.143. The van der Waals surface area contributed by atoms with Crippen LogP contribution < -0.4 is 43.1 Å². The monoisotopic (exact) mass is 768 g/mol. The average molecular weight is 772 g/mol. The van der Waals surface area contributed by atoms with Crippen LogP contribution in [0.1, 0.15) is 31.8 Å². The Hall–Kier alpha value is -2.40. The summed E-state index contributed by atoms with van der Waals surface area (Å²) in [4.78, 5) is 25.5. The molecule has 0 aliphatic rings. The van der Waals surface area contributed by atoms with Crippen LogP contribution in [0.15, 0.2) is 82.3 Å². The first kappa shape index (κ1) is 31.8. The van der Waals surface area contributed by atoms with Crippen LogP contribution in [-0.4, -0.2) is 21.8 Å². The van der Waals surface area contributed by atoms with Gasteiger partial charge in [-0.1, -0.05) is 0 Å². The maximum absolute atomic E-state index is 12.7. The minimum absolute atomic E-state index is 0. The molecule has 2 N–H and O–H groups in total. The molecule has 0 aliphatic carbocycles. The van der Waals surface area contributed by atoms with Crippen molar-refractivity contribution < 1.29 is 62.9 Å². The van der Waals surface area contributed by atoms with Gasteiger partial charge in [-0.25, -0.2) is 0 Å². The zero-order valence-electron chi connectivity index (χ0n) is 20.5. The first-order valence-electron chi connectivity index (χ1n) is 11.2. The van der Waals surface area contributed by atoms with Crippen LogP contribution >= 0.6 is 31.9 Å². The molecular weight excluding hydrogens is 748 g/mol. The molecule has 6 nitrogen and oxygen atoms in total. The number of phenolic OH excluding ortho intramolecular Hbond substituents is 2. The van der Waals surface area contributed by atoms with Gasteiger partial charge in [0.05, 0.1) is 20.1 Å². The van der Waals surface area contributed by atoms with Crippen molar-refractivity contribution in [2.24, 2.45) is 0 Å². The highest BCUT2D eigenvalue weighted by atomic mass is 79.9. The van der Waals surface area contributed by atoms with Crippen molar-refractivity contribution in [3.8, 4) is 22.6 Å². The number of ketones is 2. The van der Waals surface area contributed by atoms with E-state index < -0.39 is 0 Å². The molecule has 2 heterocycles. The maximum Gasteiger partial charge on any atom is 0.231 e. The Morgan fingerprint density at radius 2 is 0.974 bits per heavy atom. The van der Waals surface area contributed by atoms with E-state index in [-0.39, 0.29) is 81.2 Å². The standard InChI is InChI=1S/C28H22Br2N2O4.2BrH/c1-17-11-21(27(35)23(29)13-17)25(33)15-31-7-3-19(4-8-31)20-5-9-32(10-6-20)16-26(34)22-12-18(2)14-24(30)28(22)36;;/h3-14H,15-16H2,1-2H3;2*1H. The SMILES string of the molecule is Cc1cc(Br)c(O)c(C(=O)C[n+]2ccc(-c3cc[n+](CC(=O)c4cc(C)cc(Br)c4O)cc3)cc2)c1.[Br-].[Br-]. The lowest BCUT2D eigenvalue weighted by atomic mass is 10.1. The van der Waals surface area contributed by atoms with Gasteiger partial charge in [-0.3, -0.25) is 9.59 Å². The third-order valence-electron chi connectivity index (χ3n) is 5.78. The summed E-state index contributed by atoms with van der Waals surface area (Å²) < 4.78 is 4.52. The van der Waals surface area contributed by atoms with Crippen molar-refractivity contribution in [3.05, 3.63) is 105 Å². The Kier molecular flexibility index (Phi) is 11.4. The van der Waals surface area contributed by atoms with Crippen LogP contribution in [0.5, 0.6) is 11.5 Å². The normalized spacial score (nSPS) is 10.3. The van der Waals surface area contributed by atoms with Gasteiger partial charge in [-0.2, -0.15) is 9.13 Å². The van der Waals surface area contributed by atoms with Crippen LogP contribution in [0.25, 0.3) is 11.1 Å². The van der Waals surface area contributed by atoms with E-state index in [0.717, 1.165) is 22.3 Å². The number of aromatic hydroxyl groups is 2. The molecule has 2 aromatic carbocycles. The first-order valence-corrected chi connectivity index (χ1v) is 12.7. The van der Waals surface area contributed by atoms with Gasteiger partial charge in [0, 0.05) is 24.3 Å². The van der Waals surface area contributed by atoms with Gasteiger partial charge in [0.2, 0.25) is 24.7 Å². The van der Waals surface area contributed by atoms with E-state index >= 15 is 0 Å². The van der Waals surface area contributed by atoms with E-state index in [2.05, 4.69) is 31.9 Å². The summed E-state index contributed by atoms with van der Waals surface area (Å²) >= 11 is 6.56. The molecular formula is C28H24Br4N2O4. The third kappa shape index (κ3) is 7.37. The number of carbonyl (C=O) groups excluding carboxylic acids is 2. The van der Waals surface area contributed by atoms with Crippen LogP contribution in [0, 0.1) is 13.8 Å². The van der Waals surface area contributed by atoms with Crippen molar-refractivity contribution >= 4 is 43.4 Å². The fourth-order valence-electron chi connectivity index (χ4n) is 3.91. The van der Waals surface area contributed by atoms with Gasteiger partial charge in [-0.05, 0) is 92.2 Å². The quantitative estimate of drug-likeness (QED) is 0.192. The smallest absolute Gasteiger partial charge is 0.231 e. The molecule has 0 bridgehead atoms. The van der Waals surface area contributed by atoms with Gasteiger partial charge >= 0.3 is 0 Å². The number of nitrogens with zero attached hydrogens (tertiary/aromatic N) is 2. The molecule has 4 rings (SSSR count). The molecule has 198 valence electrons. The number of rotatable bonds is 7. The number of phenols is 2. The number of benzene rings is 2. The number of Topliss-reactive ketones (excluding diaryl/α,β-unsaturated/α-hetero) is 2. The van der Waals surface area contributed by atoms with E-state index in [9.17, 15) is 19.8 Å². The Morgan fingerprint density at radius 1 is 0.658 bits per heavy atom. The fourth-order valence-corrected chi connectivity index (χ4v) is 5.06. The second kappa shape index (κ2) is 13.6. The topological polar surface area (TPSA) is 82.4 Å². The van der Waals surface area contributed by atoms with Crippen molar-refractivity contribution in [1.29, 1.82) is 0 Å². The van der Waals surface area contributed by atoms with Crippen molar-refractivity contribution in [1.82, 2.24) is 0 Å². The molecule has 0 saturated heterocycles. The van der Waals surface area contributed by atoms with Gasteiger partial charge in [0.15, 0.2) is 24.8 Å². The van der Waals surface area contributed by atoms with Gasteiger partial charge in [-0.15, -0.1) is 0 Å². The van der Waals surface area contributed by atoms with Gasteiger partial charge in [0.25, 0.3) is 0 Å². The van der Waals surface area contributed by atoms with Crippen LogP contribution in [0.2, 0.25) is 0 Å². The van der Waals surface area contributed by atoms with Gasteiger partial charge in [0.1, 0.15) is 11.5 Å². The lowest BCUT2D eigenvalue weighted by Crippen LogP contribution is -3.00. The highest BCUT2D eigenvalue weighted by molar-refractivity contribution is 9.10. The van der Waals surface area contributed by atoms with Crippen molar-refractivity contribution in [3.63, 3.8) is 0 Å². The van der Waals surface area contributed by atoms with E-state index in [1.165, 1.54) is 0 Å². The number of halogens is 4. The zero-order chi connectivity index (χ0) is 26.0. The summed E-state index contributed by atoms with van der Waals surface area (Å²) in [5.41, 5.74) is 4.25. The molecule has 0 saturated carbocycles. The minimum Gasteiger partial charge on any atom is -1.00 e. The van der Waals surface area contributed by atoms with E-state index in [0.29, 0.717) is 8.95 Å². The summed E-state index contributed by atoms with van der Waals surface area (Å²) in [5.74, 6) is -0.480. The largest absolute Gasteiger partial charge is 1.00 e. The molecule has 10 heteroatoms. The predicted octanol–water partition coefficient (Wildman–Crippen LogP) is -0.745. The van der Waals surface area contributed by atoms with Gasteiger partial charge < -0.3 is 44.2 Å². The molecule has 0 fully saturated rings. The van der Waals surface area contributed by atoms with E-state index in [1.807, 2.05) is 62.9 Å². The molecule has 0 aliphatic heterocycles. The summed E-state index contributed by atoms with van der Waals surface area (Å²) in [6.07, 6.45) is 7.27. The second-order valence-electron chi connectivity index (χ2n) is 8.65. The average Bonchev–Trinajstić information content (AvgIpc) is 2.84. The van der Waals surface area contributed by atoms with E-state index in [4.69, 9.17) is 0 Å². The molecule has 38 heavy (non-hydrogen) atoms. The molecule has 0 atom stereocenters. The van der Waals surface area contributed by atoms with Crippen molar-refractivity contribution in [2.75, 3.05) is 0 Å². The second-order valence-corrected chi connectivity index (χ2v) is 10.4. The Morgan fingerprint density at radius 3 is 1.29 bits per heavy atom. The number of hydrogen-bond acceptors (Lipinski definition) is 4. The third-order valence-corrected chi connectivity index (χ3v) is 6.99. The highest BCUT2D eigenvalue weighted by Gasteiger charge is 2.20. The minimum atomic E-state index is -0.188. The number of hydrogen-bond donors (Lipinski definition) is 2. The molecule has 0 unspecified atom stereocenters. The van der Waals surface area contributed by atoms with Crippen molar-refractivity contribution in [2.45, 2.75) is 26.9 Å². The highest BCUT2D eigenvalue weighted by Crippen LogP contribution is 2.30. The molecule has 0 radical (unpaired) electrons. The number of aromatic nitrogens is 2. The van der Waals surface area contributed by atoms with Crippen LogP contribution in [0.3, 0.4) is 0 Å². The number of aryl methyl sites for hydroxylation is 2. The zero-order valence-corrected chi connectivity index (χ0v) is 26.8. The van der Waals surface area contributed by atoms with Crippen LogP contribution in [0.4, 0.5) is 0 Å². The summed E-state index contributed by atoms with van der Waals surface area (Å²) in [6, 6.07) is 14.5. The molecule has 0 amide bonds. The Labute approximate surface area is 258 Å². The number of pyridine rings is 2. The Balaban J connectivity index is 0.00000253. The predicted molar refractivity (Wildman–Crippen MR) is 142 cm³/mol. The summed E-state index contributed by atoms with van der Waals surface area (Å²) in [5, 5.41) is 20.5. The Bertz CT molecular complexity index is 1360. The van der Waals surface area contributed by atoms with Crippen LogP contribution in [-0.2, 0) is 13.1 Å². The molecule has 2 aromatic heterocycles. The summed E-state index contributed by atoms with van der Waals surface area (Å²) in [6.45, 7) is 3.94. The summed E-state index contributed by atoms with van der Waals surface area (Å²) in [7, 11) is 0. The number of carbonyl (C=O) groups is 2. The van der Waals surface area contributed by atoms with E-state index in [1.54, 1.807) is 33.4 Å². The maximum atomic E-state index is 12.7. The first-order chi connectivity index (χ1) is 17.1. The lowest BCUT2D eigenvalue weighted by Gasteiger charge is -2.06.